The minimum absolute atomic E-state index is 0.0477. The minimum atomic E-state index is -4.47. The molecule has 0 atom stereocenters. The molecule has 1 saturated carbocycles. The van der Waals surface area contributed by atoms with Gasteiger partial charge in [-0.05, 0) is 49.9 Å². The molecule has 0 unspecified atom stereocenters. The van der Waals surface area contributed by atoms with E-state index in [2.05, 4.69) is 10.6 Å². The van der Waals surface area contributed by atoms with Crippen molar-refractivity contribution in [1.29, 1.82) is 0 Å². The molecule has 4 nitrogen and oxygen atoms in total. The van der Waals surface area contributed by atoms with Crippen molar-refractivity contribution in [3.05, 3.63) is 23.8 Å². The summed E-state index contributed by atoms with van der Waals surface area (Å²) < 4.78 is 43.9. The van der Waals surface area contributed by atoms with Crippen LogP contribution in [0, 0.1) is 5.92 Å². The molecule has 0 spiro atoms. The van der Waals surface area contributed by atoms with E-state index >= 15 is 0 Å². The number of carbonyl (C=O) groups excluding carboxylic acids is 1. The predicted octanol–water partition coefficient (Wildman–Crippen LogP) is 3.43. The average molecular weight is 330 g/mol. The van der Waals surface area contributed by atoms with Crippen molar-refractivity contribution in [1.82, 2.24) is 5.32 Å². The Hall–Kier alpha value is -1.76. The zero-order chi connectivity index (χ0) is 16.9. The maximum Gasteiger partial charge on any atom is 0.416 e. The number of carbonyl (C=O) groups is 1. The highest BCUT2D eigenvalue weighted by Gasteiger charge is 2.31. The summed E-state index contributed by atoms with van der Waals surface area (Å²) in [7, 11) is 0. The van der Waals surface area contributed by atoms with Crippen molar-refractivity contribution < 1.29 is 22.7 Å². The van der Waals surface area contributed by atoms with Gasteiger partial charge in [-0.15, -0.1) is 0 Å². The number of halogens is 3. The molecule has 1 aliphatic rings. The van der Waals surface area contributed by atoms with Crippen molar-refractivity contribution in [3.63, 3.8) is 0 Å². The lowest BCUT2D eigenvalue weighted by Crippen LogP contribution is -2.29. The quantitative estimate of drug-likeness (QED) is 0.768. The molecule has 1 fully saturated rings. The summed E-state index contributed by atoms with van der Waals surface area (Å²) in [6.07, 6.45) is -1.42. The van der Waals surface area contributed by atoms with Gasteiger partial charge in [-0.25, -0.2) is 0 Å². The summed E-state index contributed by atoms with van der Waals surface area (Å²) in [5.74, 6) is 0.488. The Balaban J connectivity index is 2.03. The molecule has 0 bridgehead atoms. The highest BCUT2D eigenvalue weighted by atomic mass is 19.4. The molecule has 1 aromatic rings. The summed E-state index contributed by atoms with van der Waals surface area (Å²) in [6.45, 7) is 3.09. The lowest BCUT2D eigenvalue weighted by atomic mass is 10.1. The van der Waals surface area contributed by atoms with E-state index in [0.717, 1.165) is 37.9 Å². The first kappa shape index (κ1) is 17.6. The minimum Gasteiger partial charge on any atom is -0.491 e. The maximum absolute atomic E-state index is 12.8. The van der Waals surface area contributed by atoms with Crippen LogP contribution in [0.3, 0.4) is 0 Å². The Morgan fingerprint density at radius 3 is 2.70 bits per heavy atom. The van der Waals surface area contributed by atoms with Gasteiger partial charge in [0.25, 0.3) is 0 Å². The molecule has 2 N–H and O–H groups in total. The van der Waals surface area contributed by atoms with E-state index in [1.54, 1.807) is 0 Å². The third kappa shape index (κ3) is 5.74. The number of hydrogen-bond donors (Lipinski definition) is 2. The summed E-state index contributed by atoms with van der Waals surface area (Å²) in [5.41, 5.74) is -0.769. The van der Waals surface area contributed by atoms with Gasteiger partial charge in [0.1, 0.15) is 5.75 Å². The second kappa shape index (κ2) is 7.68. The van der Waals surface area contributed by atoms with Crippen LogP contribution in [0.4, 0.5) is 18.9 Å². The van der Waals surface area contributed by atoms with Crippen molar-refractivity contribution in [2.75, 3.05) is 25.0 Å². The van der Waals surface area contributed by atoms with E-state index in [9.17, 15) is 18.0 Å². The Labute approximate surface area is 133 Å². The number of rotatable bonds is 8. The highest BCUT2D eigenvalue weighted by molar-refractivity contribution is 5.93. The second-order valence-corrected chi connectivity index (χ2v) is 5.68. The number of hydrogen-bond acceptors (Lipinski definition) is 3. The standard InChI is InChI=1S/C16H21F3N2O2/c1-2-7-23-14-6-5-12(16(17,18)19)8-13(14)21-15(22)10-20-9-11-3-4-11/h5-6,8,11,20H,2-4,7,9-10H2,1H3,(H,21,22). The van der Waals surface area contributed by atoms with Gasteiger partial charge in [-0.2, -0.15) is 13.2 Å². The number of nitrogens with one attached hydrogen (secondary N) is 2. The maximum atomic E-state index is 12.8. The van der Waals surface area contributed by atoms with Gasteiger partial charge in [0, 0.05) is 0 Å². The molecule has 0 radical (unpaired) electrons. The topological polar surface area (TPSA) is 50.4 Å². The van der Waals surface area contributed by atoms with Crippen LogP contribution < -0.4 is 15.4 Å². The lowest BCUT2D eigenvalue weighted by molar-refractivity contribution is -0.137. The first-order valence-electron chi connectivity index (χ1n) is 7.74. The van der Waals surface area contributed by atoms with E-state index in [1.807, 2.05) is 6.92 Å². The summed E-state index contributed by atoms with van der Waals surface area (Å²) in [6, 6.07) is 3.10. The molecule has 1 aromatic carbocycles. The van der Waals surface area contributed by atoms with Crippen molar-refractivity contribution in [2.45, 2.75) is 32.4 Å². The number of ether oxygens (including phenoxy) is 1. The van der Waals surface area contributed by atoms with E-state index in [4.69, 9.17) is 4.74 Å². The molecule has 0 saturated heterocycles. The monoisotopic (exact) mass is 330 g/mol. The molecular weight excluding hydrogens is 309 g/mol. The molecule has 0 aromatic heterocycles. The third-order valence-corrected chi connectivity index (χ3v) is 3.46. The third-order valence-electron chi connectivity index (χ3n) is 3.46. The fraction of sp³-hybridized carbons (Fsp3) is 0.562. The Bertz CT molecular complexity index is 543. The van der Waals surface area contributed by atoms with E-state index < -0.39 is 11.7 Å². The second-order valence-electron chi connectivity index (χ2n) is 5.68. The number of alkyl halides is 3. The normalized spacial score (nSPS) is 14.6. The van der Waals surface area contributed by atoms with Crippen LogP contribution in [0.2, 0.25) is 0 Å². The summed E-state index contributed by atoms with van der Waals surface area (Å²) in [4.78, 5) is 11.9. The van der Waals surface area contributed by atoms with Gasteiger partial charge in [-0.3, -0.25) is 4.79 Å². The van der Waals surface area contributed by atoms with Crippen LogP contribution in [0.5, 0.6) is 5.75 Å². The Morgan fingerprint density at radius 2 is 2.09 bits per heavy atom. The van der Waals surface area contributed by atoms with Crippen LogP contribution >= 0.6 is 0 Å². The number of benzene rings is 1. The molecule has 0 heterocycles. The first-order chi connectivity index (χ1) is 10.9. The van der Waals surface area contributed by atoms with Gasteiger partial charge in [-0.1, -0.05) is 6.92 Å². The van der Waals surface area contributed by atoms with Gasteiger partial charge in [0.05, 0.1) is 24.4 Å². The fourth-order valence-corrected chi connectivity index (χ4v) is 2.05. The summed E-state index contributed by atoms with van der Waals surface area (Å²) in [5, 5.41) is 5.50. The molecule has 2 rings (SSSR count). The van der Waals surface area contributed by atoms with Crippen LogP contribution in [0.1, 0.15) is 31.7 Å². The SMILES string of the molecule is CCCOc1ccc(C(F)(F)F)cc1NC(=O)CNCC1CC1. The molecular formula is C16H21F3N2O2. The van der Waals surface area contributed by atoms with Crippen LogP contribution in [0.15, 0.2) is 18.2 Å². The summed E-state index contributed by atoms with van der Waals surface area (Å²) >= 11 is 0. The Morgan fingerprint density at radius 1 is 1.35 bits per heavy atom. The molecule has 23 heavy (non-hydrogen) atoms. The van der Waals surface area contributed by atoms with Crippen LogP contribution in [0.25, 0.3) is 0 Å². The number of anilines is 1. The largest absolute Gasteiger partial charge is 0.491 e. The molecule has 128 valence electrons. The molecule has 1 aliphatic carbocycles. The number of amides is 1. The van der Waals surface area contributed by atoms with Crippen molar-refractivity contribution in [2.24, 2.45) is 5.92 Å². The Kier molecular flexibility index (Phi) is 5.87. The lowest BCUT2D eigenvalue weighted by Gasteiger charge is -2.15. The average Bonchev–Trinajstić information content (AvgIpc) is 3.29. The smallest absolute Gasteiger partial charge is 0.416 e. The molecule has 1 amide bonds. The van der Waals surface area contributed by atoms with Gasteiger partial charge >= 0.3 is 6.18 Å². The van der Waals surface area contributed by atoms with Crippen molar-refractivity contribution >= 4 is 11.6 Å². The highest BCUT2D eigenvalue weighted by Crippen LogP contribution is 2.35. The van der Waals surface area contributed by atoms with Gasteiger partial charge in [0.15, 0.2) is 0 Å². The van der Waals surface area contributed by atoms with Crippen LogP contribution in [-0.2, 0) is 11.0 Å². The van der Waals surface area contributed by atoms with Crippen LogP contribution in [-0.4, -0.2) is 25.6 Å². The van der Waals surface area contributed by atoms with Gasteiger partial charge < -0.3 is 15.4 Å². The first-order valence-corrected chi connectivity index (χ1v) is 7.74. The molecule has 7 heteroatoms. The van der Waals surface area contributed by atoms with Crippen molar-refractivity contribution in [3.8, 4) is 5.75 Å². The predicted molar refractivity (Wildman–Crippen MR) is 81.5 cm³/mol. The zero-order valence-electron chi connectivity index (χ0n) is 13.0. The van der Waals surface area contributed by atoms with E-state index in [0.29, 0.717) is 12.5 Å². The van der Waals surface area contributed by atoms with Gasteiger partial charge in [0.2, 0.25) is 5.91 Å². The fourth-order valence-electron chi connectivity index (χ4n) is 2.05. The van der Waals surface area contributed by atoms with E-state index in [1.165, 1.54) is 6.07 Å². The van der Waals surface area contributed by atoms with E-state index in [-0.39, 0.29) is 23.9 Å². The molecule has 0 aliphatic heterocycles. The zero-order valence-corrected chi connectivity index (χ0v) is 13.0.